The molecule has 3 heteroatoms. The molecule has 0 spiro atoms. The fourth-order valence-electron chi connectivity index (χ4n) is 2.15. The van der Waals surface area contributed by atoms with Crippen molar-refractivity contribution in [2.24, 2.45) is 0 Å². The molecule has 0 aliphatic rings. The van der Waals surface area contributed by atoms with Gasteiger partial charge in [0.25, 0.3) is 0 Å². The van der Waals surface area contributed by atoms with E-state index in [1.54, 1.807) is 11.3 Å². The van der Waals surface area contributed by atoms with Gasteiger partial charge in [-0.3, -0.25) is 0 Å². The predicted octanol–water partition coefficient (Wildman–Crippen LogP) is 4.94. The Morgan fingerprint density at radius 3 is 2.68 bits per heavy atom. The molecule has 0 fully saturated rings. The molecule has 1 nitrogen and oxygen atoms in total. The number of halogens is 1. The molecule has 0 aliphatic carbocycles. The lowest BCUT2D eigenvalue weighted by Gasteiger charge is -2.08. The van der Waals surface area contributed by atoms with Crippen LogP contribution in [-0.2, 0) is 6.42 Å². The van der Waals surface area contributed by atoms with E-state index in [1.807, 2.05) is 30.3 Å². The first-order chi connectivity index (χ1) is 9.22. The summed E-state index contributed by atoms with van der Waals surface area (Å²) in [5.74, 6) is 0. The Bertz CT molecular complexity index is 672. The van der Waals surface area contributed by atoms with Gasteiger partial charge in [0.2, 0.25) is 0 Å². The summed E-state index contributed by atoms with van der Waals surface area (Å²) in [5.41, 5.74) is 1.14. The van der Waals surface area contributed by atoms with Crippen molar-refractivity contribution in [1.29, 1.82) is 0 Å². The fraction of sp³-hybridized carbons (Fsp3) is 0.125. The van der Waals surface area contributed by atoms with Crippen LogP contribution in [0.2, 0.25) is 0 Å². The Balaban J connectivity index is 1.85. The summed E-state index contributed by atoms with van der Waals surface area (Å²) in [6.07, 6.45) is 0.207. The summed E-state index contributed by atoms with van der Waals surface area (Å²) in [6, 6.07) is 18.4. The van der Waals surface area contributed by atoms with E-state index in [0.29, 0.717) is 6.42 Å². The van der Waals surface area contributed by atoms with E-state index in [-0.39, 0.29) is 0 Å². The van der Waals surface area contributed by atoms with E-state index in [9.17, 15) is 5.11 Å². The smallest absolute Gasteiger partial charge is 0.0922 e. The summed E-state index contributed by atoms with van der Waals surface area (Å²) in [5, 5.41) is 11.6. The Kier molecular flexibility index (Phi) is 3.69. The number of hydrogen-bond acceptors (Lipinski definition) is 2. The minimum atomic E-state index is -0.438. The third-order valence-corrected chi connectivity index (χ3v) is 4.80. The number of aliphatic hydroxyl groups excluding tert-OH is 1. The first-order valence-corrected chi connectivity index (χ1v) is 7.74. The van der Waals surface area contributed by atoms with E-state index in [0.717, 1.165) is 14.9 Å². The van der Waals surface area contributed by atoms with Gasteiger partial charge in [-0.2, -0.15) is 0 Å². The molecule has 1 N–H and O–H groups in total. The van der Waals surface area contributed by atoms with Gasteiger partial charge in [0, 0.05) is 20.5 Å². The van der Waals surface area contributed by atoms with Gasteiger partial charge >= 0.3 is 0 Å². The summed E-state index contributed by atoms with van der Waals surface area (Å²) in [4.78, 5) is 1.03. The molecule has 0 saturated heterocycles. The highest BCUT2D eigenvalue weighted by molar-refractivity contribution is 9.10. The lowest BCUT2D eigenvalue weighted by molar-refractivity contribution is 0.182. The Morgan fingerprint density at radius 1 is 1.05 bits per heavy atom. The molecule has 1 atom stereocenters. The van der Waals surface area contributed by atoms with Crippen LogP contribution < -0.4 is 0 Å². The molecule has 0 saturated carbocycles. The van der Waals surface area contributed by atoms with Crippen molar-refractivity contribution in [3.8, 4) is 0 Å². The molecule has 1 aromatic heterocycles. The van der Waals surface area contributed by atoms with E-state index in [4.69, 9.17) is 0 Å². The van der Waals surface area contributed by atoms with Gasteiger partial charge in [-0.05, 0) is 35.2 Å². The van der Waals surface area contributed by atoms with Crippen LogP contribution in [0.5, 0.6) is 0 Å². The van der Waals surface area contributed by atoms with Crippen molar-refractivity contribution in [1.82, 2.24) is 0 Å². The summed E-state index contributed by atoms with van der Waals surface area (Å²) < 4.78 is 2.28. The van der Waals surface area contributed by atoms with Crippen LogP contribution in [0.3, 0.4) is 0 Å². The number of aliphatic hydroxyl groups is 1. The van der Waals surface area contributed by atoms with Gasteiger partial charge in [-0.25, -0.2) is 0 Å². The van der Waals surface area contributed by atoms with Gasteiger partial charge in [0.1, 0.15) is 0 Å². The maximum Gasteiger partial charge on any atom is 0.0922 e. The number of hydrogen-bond donors (Lipinski definition) is 1. The van der Waals surface area contributed by atoms with Gasteiger partial charge < -0.3 is 5.11 Å². The predicted molar refractivity (Wildman–Crippen MR) is 84.6 cm³/mol. The summed E-state index contributed by atoms with van der Waals surface area (Å²) in [6.45, 7) is 0. The van der Waals surface area contributed by atoms with Crippen LogP contribution in [0.25, 0.3) is 10.1 Å². The third kappa shape index (κ3) is 2.89. The average molecular weight is 333 g/mol. The Hall–Kier alpha value is -1.16. The Morgan fingerprint density at radius 2 is 1.89 bits per heavy atom. The lowest BCUT2D eigenvalue weighted by Crippen LogP contribution is -1.99. The van der Waals surface area contributed by atoms with Crippen molar-refractivity contribution in [3.05, 3.63) is 69.5 Å². The van der Waals surface area contributed by atoms with E-state index in [2.05, 4.69) is 40.2 Å². The maximum atomic E-state index is 10.4. The van der Waals surface area contributed by atoms with E-state index < -0.39 is 6.10 Å². The third-order valence-electron chi connectivity index (χ3n) is 3.09. The molecule has 2 aromatic carbocycles. The molecule has 3 aromatic rings. The molecule has 0 radical (unpaired) electrons. The zero-order valence-corrected chi connectivity index (χ0v) is 12.6. The van der Waals surface area contributed by atoms with Crippen LogP contribution in [-0.4, -0.2) is 5.11 Å². The molecule has 0 aliphatic heterocycles. The van der Waals surface area contributed by atoms with Crippen LogP contribution >= 0.6 is 27.3 Å². The molecule has 3 rings (SSSR count). The summed E-state index contributed by atoms with van der Waals surface area (Å²) >= 11 is 5.12. The van der Waals surface area contributed by atoms with Crippen LogP contribution in [0.4, 0.5) is 0 Å². The second-order valence-electron chi connectivity index (χ2n) is 4.54. The fourth-order valence-corrected chi connectivity index (χ4v) is 3.65. The minimum absolute atomic E-state index is 0.438. The molecule has 0 bridgehead atoms. The molecule has 1 heterocycles. The van der Waals surface area contributed by atoms with Crippen molar-refractivity contribution < 1.29 is 5.11 Å². The zero-order valence-electron chi connectivity index (χ0n) is 10.2. The monoisotopic (exact) mass is 332 g/mol. The van der Waals surface area contributed by atoms with Crippen LogP contribution in [0, 0.1) is 0 Å². The molecule has 0 amide bonds. The highest BCUT2D eigenvalue weighted by Crippen LogP contribution is 2.31. The highest BCUT2D eigenvalue weighted by atomic mass is 79.9. The average Bonchev–Trinajstić information content (AvgIpc) is 2.82. The van der Waals surface area contributed by atoms with Crippen LogP contribution in [0.15, 0.2) is 59.1 Å². The van der Waals surface area contributed by atoms with Gasteiger partial charge in [0.05, 0.1) is 6.10 Å². The number of fused-ring (bicyclic) bond motifs is 1. The van der Waals surface area contributed by atoms with Gasteiger partial charge in [0.15, 0.2) is 0 Å². The molecular formula is C16H13BrOS. The van der Waals surface area contributed by atoms with Crippen molar-refractivity contribution in [2.45, 2.75) is 12.5 Å². The topological polar surface area (TPSA) is 20.2 Å². The highest BCUT2D eigenvalue weighted by Gasteiger charge is 2.12. The number of thiophene rings is 1. The maximum absolute atomic E-state index is 10.4. The second-order valence-corrected chi connectivity index (χ2v) is 6.57. The largest absolute Gasteiger partial charge is 0.387 e. The van der Waals surface area contributed by atoms with Gasteiger partial charge in [-0.1, -0.05) is 46.3 Å². The number of rotatable bonds is 3. The first-order valence-electron chi connectivity index (χ1n) is 6.13. The quantitative estimate of drug-likeness (QED) is 0.720. The van der Waals surface area contributed by atoms with E-state index in [1.165, 1.54) is 10.1 Å². The lowest BCUT2D eigenvalue weighted by atomic mass is 10.1. The van der Waals surface area contributed by atoms with E-state index >= 15 is 0 Å². The van der Waals surface area contributed by atoms with Crippen molar-refractivity contribution in [2.75, 3.05) is 0 Å². The minimum Gasteiger partial charge on any atom is -0.387 e. The molecular weight excluding hydrogens is 320 g/mol. The van der Waals surface area contributed by atoms with Crippen LogP contribution in [0.1, 0.15) is 16.5 Å². The Labute approximate surface area is 124 Å². The summed E-state index contributed by atoms with van der Waals surface area (Å²) in [7, 11) is 0. The van der Waals surface area contributed by atoms with Gasteiger partial charge in [-0.15, -0.1) is 11.3 Å². The molecule has 96 valence electrons. The SMILES string of the molecule is OC(Cc1cccc(Br)c1)c1cc2ccccc2s1. The number of benzene rings is 2. The van der Waals surface area contributed by atoms with Crippen molar-refractivity contribution >= 4 is 37.4 Å². The first kappa shape index (κ1) is 12.9. The molecule has 1 unspecified atom stereocenters. The van der Waals surface area contributed by atoms with Crippen molar-refractivity contribution in [3.63, 3.8) is 0 Å². The standard InChI is InChI=1S/C16H13BrOS/c17-13-6-3-4-11(8-13)9-14(18)16-10-12-5-1-2-7-15(12)19-16/h1-8,10,14,18H,9H2. The second kappa shape index (κ2) is 5.45. The zero-order chi connectivity index (χ0) is 13.2. The molecule has 19 heavy (non-hydrogen) atoms. The normalized spacial score (nSPS) is 12.7.